The molecule has 0 aliphatic carbocycles. The van der Waals surface area contributed by atoms with Crippen molar-refractivity contribution in [3.63, 3.8) is 0 Å². The molecular weight excluding hydrogens is 266 g/mol. The van der Waals surface area contributed by atoms with E-state index in [2.05, 4.69) is 12.6 Å². The molecule has 0 heterocycles. The number of halogens is 2. The Kier molecular flexibility index (Phi) is 4.80. The van der Waals surface area contributed by atoms with Gasteiger partial charge < -0.3 is 4.74 Å². The van der Waals surface area contributed by atoms with E-state index in [1.54, 1.807) is 0 Å². The Balaban J connectivity index is 2.04. The second-order valence-electron chi connectivity index (χ2n) is 4.18. The summed E-state index contributed by atoms with van der Waals surface area (Å²) in [6.07, 6.45) is 0. The summed E-state index contributed by atoms with van der Waals surface area (Å²) >= 11 is 4.28. The third-order valence-electron chi connectivity index (χ3n) is 2.83. The molecule has 1 unspecified atom stereocenters. The highest BCUT2D eigenvalue weighted by Gasteiger charge is 2.12. The van der Waals surface area contributed by atoms with E-state index in [0.717, 1.165) is 11.6 Å². The van der Waals surface area contributed by atoms with Gasteiger partial charge >= 0.3 is 0 Å². The number of hydrogen-bond donors (Lipinski definition) is 1. The molecule has 0 spiro atoms. The topological polar surface area (TPSA) is 9.23 Å². The summed E-state index contributed by atoms with van der Waals surface area (Å²) in [5.74, 6) is -0.588. The lowest BCUT2D eigenvalue weighted by Gasteiger charge is -2.16. The first kappa shape index (κ1) is 13.9. The maximum absolute atomic E-state index is 13.4. The van der Waals surface area contributed by atoms with Gasteiger partial charge in [-0.05, 0) is 17.7 Å². The SMILES string of the molecule is Fc1ccc(OCC(CS)c2ccccc2)c(F)c1. The fourth-order valence-electron chi connectivity index (χ4n) is 1.76. The van der Waals surface area contributed by atoms with Gasteiger partial charge in [0.2, 0.25) is 0 Å². The van der Waals surface area contributed by atoms with Gasteiger partial charge in [-0.2, -0.15) is 12.6 Å². The first-order valence-electron chi connectivity index (χ1n) is 5.94. The lowest BCUT2D eigenvalue weighted by atomic mass is 10.0. The Bertz CT molecular complexity index is 531. The molecule has 0 saturated carbocycles. The second kappa shape index (κ2) is 6.57. The molecule has 0 radical (unpaired) electrons. The quantitative estimate of drug-likeness (QED) is 0.813. The van der Waals surface area contributed by atoms with Crippen LogP contribution in [0.5, 0.6) is 5.75 Å². The molecule has 0 aliphatic heterocycles. The van der Waals surface area contributed by atoms with Gasteiger partial charge in [0.15, 0.2) is 11.6 Å². The van der Waals surface area contributed by atoms with Gasteiger partial charge in [-0.3, -0.25) is 0 Å². The smallest absolute Gasteiger partial charge is 0.167 e. The molecule has 2 rings (SSSR count). The lowest BCUT2D eigenvalue weighted by Crippen LogP contribution is -2.12. The van der Waals surface area contributed by atoms with Crippen molar-refractivity contribution in [1.82, 2.24) is 0 Å². The molecule has 4 heteroatoms. The van der Waals surface area contributed by atoms with Crippen molar-refractivity contribution in [2.45, 2.75) is 5.92 Å². The van der Waals surface area contributed by atoms with E-state index in [9.17, 15) is 8.78 Å². The van der Waals surface area contributed by atoms with Crippen LogP contribution in [0.15, 0.2) is 48.5 Å². The second-order valence-corrected chi connectivity index (χ2v) is 4.54. The van der Waals surface area contributed by atoms with Gasteiger partial charge in [0.05, 0.1) is 6.61 Å². The first-order chi connectivity index (χ1) is 9.20. The summed E-state index contributed by atoms with van der Waals surface area (Å²) in [7, 11) is 0. The van der Waals surface area contributed by atoms with Crippen LogP contribution in [0.4, 0.5) is 8.78 Å². The molecule has 1 nitrogen and oxygen atoms in total. The molecule has 0 aliphatic rings. The van der Waals surface area contributed by atoms with E-state index in [4.69, 9.17) is 4.74 Å². The number of rotatable bonds is 5. The minimum absolute atomic E-state index is 0.0594. The largest absolute Gasteiger partial charge is 0.490 e. The maximum atomic E-state index is 13.4. The zero-order valence-electron chi connectivity index (χ0n) is 10.2. The average molecular weight is 280 g/mol. The van der Waals surface area contributed by atoms with Gasteiger partial charge in [-0.25, -0.2) is 8.78 Å². The van der Waals surface area contributed by atoms with Crippen molar-refractivity contribution in [2.75, 3.05) is 12.4 Å². The normalized spacial score (nSPS) is 12.2. The summed E-state index contributed by atoms with van der Waals surface area (Å²) in [6, 6.07) is 13.0. The van der Waals surface area contributed by atoms with Crippen molar-refractivity contribution in [1.29, 1.82) is 0 Å². The number of ether oxygens (including phenoxy) is 1. The standard InChI is InChI=1S/C15H14F2OS/c16-13-6-7-15(14(17)8-13)18-9-12(10-19)11-4-2-1-3-5-11/h1-8,12,19H,9-10H2. The maximum Gasteiger partial charge on any atom is 0.167 e. The molecule has 2 aromatic carbocycles. The summed E-state index contributed by atoms with van der Waals surface area (Å²) in [5.41, 5.74) is 1.08. The Labute approximate surface area is 116 Å². The van der Waals surface area contributed by atoms with Crippen LogP contribution in [-0.2, 0) is 0 Å². The van der Waals surface area contributed by atoms with Crippen molar-refractivity contribution < 1.29 is 13.5 Å². The zero-order chi connectivity index (χ0) is 13.7. The predicted octanol–water partition coefficient (Wildman–Crippen LogP) is 4.06. The molecule has 19 heavy (non-hydrogen) atoms. The van der Waals surface area contributed by atoms with Gasteiger partial charge in [0.1, 0.15) is 5.82 Å². The van der Waals surface area contributed by atoms with E-state index < -0.39 is 11.6 Å². The molecule has 0 N–H and O–H groups in total. The van der Waals surface area contributed by atoms with Crippen LogP contribution < -0.4 is 4.74 Å². The molecule has 0 saturated heterocycles. The lowest BCUT2D eigenvalue weighted by molar-refractivity contribution is 0.283. The van der Waals surface area contributed by atoms with Gasteiger partial charge in [0.25, 0.3) is 0 Å². The Morgan fingerprint density at radius 3 is 2.42 bits per heavy atom. The third-order valence-corrected chi connectivity index (χ3v) is 3.27. The van der Waals surface area contributed by atoms with Gasteiger partial charge in [-0.15, -0.1) is 0 Å². The third kappa shape index (κ3) is 3.70. The molecule has 0 amide bonds. The zero-order valence-corrected chi connectivity index (χ0v) is 11.1. The monoisotopic (exact) mass is 280 g/mol. The van der Waals surface area contributed by atoms with Crippen LogP contribution in [0.3, 0.4) is 0 Å². The van der Waals surface area contributed by atoms with Crippen LogP contribution in [0.25, 0.3) is 0 Å². The van der Waals surface area contributed by atoms with Crippen LogP contribution in [0.2, 0.25) is 0 Å². The fraction of sp³-hybridized carbons (Fsp3) is 0.200. The summed E-state index contributed by atoms with van der Waals surface area (Å²) in [6.45, 7) is 0.302. The minimum Gasteiger partial charge on any atom is -0.490 e. The van der Waals surface area contributed by atoms with E-state index in [1.165, 1.54) is 12.1 Å². The molecule has 100 valence electrons. The summed E-state index contributed by atoms with van der Waals surface area (Å²) in [4.78, 5) is 0. The van der Waals surface area contributed by atoms with Gasteiger partial charge in [-0.1, -0.05) is 30.3 Å². The van der Waals surface area contributed by atoms with Crippen LogP contribution >= 0.6 is 12.6 Å². The highest BCUT2D eigenvalue weighted by atomic mass is 32.1. The number of hydrogen-bond acceptors (Lipinski definition) is 2. The molecule has 0 bridgehead atoms. The average Bonchev–Trinajstić information content (AvgIpc) is 2.43. The van der Waals surface area contributed by atoms with Crippen molar-refractivity contribution in [3.05, 3.63) is 65.7 Å². The summed E-state index contributed by atoms with van der Waals surface area (Å²) < 4.78 is 31.6. The van der Waals surface area contributed by atoms with Crippen molar-refractivity contribution in [3.8, 4) is 5.75 Å². The van der Waals surface area contributed by atoms with Crippen molar-refractivity contribution in [2.24, 2.45) is 0 Å². The van der Waals surface area contributed by atoms with E-state index >= 15 is 0 Å². The highest BCUT2D eigenvalue weighted by Crippen LogP contribution is 2.22. The number of thiol groups is 1. The van der Waals surface area contributed by atoms with Crippen LogP contribution in [0, 0.1) is 11.6 Å². The van der Waals surface area contributed by atoms with E-state index in [0.29, 0.717) is 12.4 Å². The highest BCUT2D eigenvalue weighted by molar-refractivity contribution is 7.80. The molecule has 0 fully saturated rings. The van der Waals surface area contributed by atoms with Crippen LogP contribution in [-0.4, -0.2) is 12.4 Å². The van der Waals surface area contributed by atoms with Gasteiger partial charge in [0, 0.05) is 17.7 Å². The minimum atomic E-state index is -0.689. The van der Waals surface area contributed by atoms with Crippen molar-refractivity contribution >= 4 is 12.6 Å². The van der Waals surface area contributed by atoms with Crippen LogP contribution in [0.1, 0.15) is 11.5 Å². The van der Waals surface area contributed by atoms with E-state index in [-0.39, 0.29) is 11.7 Å². The number of benzene rings is 2. The predicted molar refractivity (Wildman–Crippen MR) is 74.9 cm³/mol. The Morgan fingerprint density at radius 2 is 1.79 bits per heavy atom. The van der Waals surface area contributed by atoms with E-state index in [1.807, 2.05) is 30.3 Å². The fourth-order valence-corrected chi connectivity index (χ4v) is 2.08. The molecule has 2 aromatic rings. The molecular formula is C15H14F2OS. The molecule has 0 aromatic heterocycles. The Morgan fingerprint density at radius 1 is 1.05 bits per heavy atom. The summed E-state index contributed by atoms with van der Waals surface area (Å²) in [5, 5.41) is 0. The molecule has 1 atom stereocenters. The first-order valence-corrected chi connectivity index (χ1v) is 6.57. The Hall–Kier alpha value is -1.55.